The second-order valence-corrected chi connectivity index (χ2v) is 8.17. The maximum atomic E-state index is 12.2. The Bertz CT molecular complexity index is 1230. The molecule has 3 aromatic carbocycles. The molecule has 0 aliphatic rings. The zero-order valence-electron chi connectivity index (χ0n) is 16.9. The molecule has 0 fully saturated rings. The van der Waals surface area contributed by atoms with Gasteiger partial charge in [0.15, 0.2) is 0 Å². The van der Waals surface area contributed by atoms with Gasteiger partial charge in [-0.3, -0.25) is 4.79 Å². The zero-order chi connectivity index (χ0) is 21.1. The minimum absolute atomic E-state index is 0.142. The van der Waals surface area contributed by atoms with E-state index >= 15 is 0 Å². The van der Waals surface area contributed by atoms with Crippen molar-refractivity contribution in [3.8, 4) is 5.69 Å². The Morgan fingerprint density at radius 1 is 1.03 bits per heavy atom. The number of halogens is 1. The summed E-state index contributed by atoms with van der Waals surface area (Å²) in [7, 11) is 0. The van der Waals surface area contributed by atoms with Crippen molar-refractivity contribution in [3.05, 3.63) is 99.8 Å². The van der Waals surface area contributed by atoms with Crippen LogP contribution in [0, 0.1) is 13.8 Å². The van der Waals surface area contributed by atoms with Crippen molar-refractivity contribution in [1.29, 1.82) is 0 Å². The molecule has 4 aromatic rings. The van der Waals surface area contributed by atoms with Crippen LogP contribution in [0.15, 0.2) is 82.4 Å². The molecule has 1 heterocycles. The molecule has 0 aliphatic carbocycles. The molecule has 30 heavy (non-hydrogen) atoms. The Labute approximate surface area is 184 Å². The van der Waals surface area contributed by atoms with Crippen molar-refractivity contribution in [3.63, 3.8) is 0 Å². The van der Waals surface area contributed by atoms with Gasteiger partial charge in [0.1, 0.15) is 0 Å². The molecule has 1 aromatic heterocycles. The average molecular weight is 460 g/mol. The lowest BCUT2D eigenvalue weighted by molar-refractivity contribution is -0.120. The first-order valence-corrected chi connectivity index (χ1v) is 10.6. The van der Waals surface area contributed by atoms with Gasteiger partial charge in [0, 0.05) is 26.8 Å². The summed E-state index contributed by atoms with van der Waals surface area (Å²) >= 11 is 3.40. The van der Waals surface area contributed by atoms with Gasteiger partial charge >= 0.3 is 0 Å². The van der Waals surface area contributed by atoms with Gasteiger partial charge in [0.25, 0.3) is 0 Å². The summed E-state index contributed by atoms with van der Waals surface area (Å²) in [6, 6.07) is 24.5. The first-order chi connectivity index (χ1) is 14.5. The smallest absolute Gasteiger partial charge is 0.244 e. The third-order valence-corrected chi connectivity index (χ3v) is 5.68. The van der Waals surface area contributed by atoms with Gasteiger partial charge in [0.2, 0.25) is 5.91 Å². The van der Waals surface area contributed by atoms with Gasteiger partial charge < -0.3 is 4.57 Å². The van der Waals surface area contributed by atoms with Gasteiger partial charge in [-0.1, -0.05) is 64.5 Å². The Hall–Kier alpha value is -3.18. The normalized spacial score (nSPS) is 11.3. The van der Waals surface area contributed by atoms with Gasteiger partial charge in [0.05, 0.1) is 18.3 Å². The Kier molecular flexibility index (Phi) is 5.81. The van der Waals surface area contributed by atoms with Crippen molar-refractivity contribution in [2.24, 2.45) is 5.10 Å². The van der Waals surface area contributed by atoms with Crippen molar-refractivity contribution in [2.75, 3.05) is 0 Å². The van der Waals surface area contributed by atoms with Crippen molar-refractivity contribution >= 4 is 38.8 Å². The minimum Gasteiger partial charge on any atom is -0.317 e. The van der Waals surface area contributed by atoms with Crippen LogP contribution >= 0.6 is 15.9 Å². The molecule has 4 nitrogen and oxygen atoms in total. The minimum atomic E-state index is -0.142. The largest absolute Gasteiger partial charge is 0.317 e. The fourth-order valence-electron chi connectivity index (χ4n) is 3.69. The number of carbonyl (C=O) groups excluding carboxylic acids is 1. The summed E-state index contributed by atoms with van der Waals surface area (Å²) in [5, 5.41) is 6.59. The fraction of sp³-hybridized carbons (Fsp3) is 0.120. The molecule has 0 atom stereocenters. The molecule has 4 rings (SSSR count). The highest BCUT2D eigenvalue weighted by Gasteiger charge is 2.12. The fourth-order valence-corrected chi connectivity index (χ4v) is 3.96. The second-order valence-electron chi connectivity index (χ2n) is 7.26. The third kappa shape index (κ3) is 4.21. The van der Waals surface area contributed by atoms with E-state index in [1.54, 1.807) is 6.21 Å². The number of benzene rings is 3. The van der Waals surface area contributed by atoms with Crippen molar-refractivity contribution < 1.29 is 4.79 Å². The van der Waals surface area contributed by atoms with Gasteiger partial charge in [-0.05, 0) is 49.1 Å². The topological polar surface area (TPSA) is 46.4 Å². The van der Waals surface area contributed by atoms with Crippen LogP contribution < -0.4 is 5.43 Å². The van der Waals surface area contributed by atoms with E-state index in [9.17, 15) is 4.79 Å². The van der Waals surface area contributed by atoms with Gasteiger partial charge in [-0.25, -0.2) is 5.43 Å². The predicted octanol–water partition coefficient (Wildman–Crippen LogP) is 5.70. The highest BCUT2D eigenvalue weighted by atomic mass is 79.9. The summed E-state index contributed by atoms with van der Waals surface area (Å²) < 4.78 is 3.22. The van der Waals surface area contributed by atoms with Crippen LogP contribution in [-0.4, -0.2) is 16.7 Å². The van der Waals surface area contributed by atoms with E-state index in [0.29, 0.717) is 6.42 Å². The Morgan fingerprint density at radius 3 is 2.57 bits per heavy atom. The maximum Gasteiger partial charge on any atom is 0.244 e. The van der Waals surface area contributed by atoms with Crippen LogP contribution in [0.1, 0.15) is 22.5 Å². The zero-order valence-corrected chi connectivity index (χ0v) is 18.5. The average Bonchev–Trinajstić information content (AvgIpc) is 3.02. The van der Waals surface area contributed by atoms with Crippen LogP contribution in [0.4, 0.5) is 0 Å². The van der Waals surface area contributed by atoms with E-state index in [-0.39, 0.29) is 5.91 Å². The lowest BCUT2D eigenvalue weighted by Gasteiger charge is -2.12. The first kappa shape index (κ1) is 20.1. The monoisotopic (exact) mass is 459 g/mol. The second kappa shape index (κ2) is 8.67. The predicted molar refractivity (Wildman–Crippen MR) is 126 cm³/mol. The SMILES string of the molecule is Cc1cc(/C=N\NC(=O)Cc2ccc(Br)cc2)c(C)n1-c1cccc2ccccc12. The maximum absolute atomic E-state index is 12.2. The number of hydrazone groups is 1. The van der Waals surface area contributed by atoms with Gasteiger partial charge in [-0.15, -0.1) is 0 Å². The highest BCUT2D eigenvalue weighted by molar-refractivity contribution is 9.10. The number of aromatic nitrogens is 1. The van der Waals surface area contributed by atoms with Gasteiger partial charge in [-0.2, -0.15) is 5.10 Å². The van der Waals surface area contributed by atoms with Crippen LogP contribution in [0.5, 0.6) is 0 Å². The lowest BCUT2D eigenvalue weighted by atomic mass is 10.1. The molecule has 0 saturated heterocycles. The number of rotatable bonds is 5. The molecule has 150 valence electrons. The molecule has 0 spiro atoms. The summed E-state index contributed by atoms with van der Waals surface area (Å²) in [5.74, 6) is -0.142. The summed E-state index contributed by atoms with van der Waals surface area (Å²) in [5.41, 5.74) is 7.89. The molecular formula is C25H22BrN3O. The van der Waals surface area contributed by atoms with Crippen LogP contribution in [0.25, 0.3) is 16.5 Å². The van der Waals surface area contributed by atoms with E-state index < -0.39 is 0 Å². The molecule has 1 amide bonds. The van der Waals surface area contributed by atoms with Crippen molar-refractivity contribution in [2.45, 2.75) is 20.3 Å². The third-order valence-electron chi connectivity index (χ3n) is 5.15. The number of hydrogen-bond donors (Lipinski definition) is 1. The number of aryl methyl sites for hydroxylation is 1. The molecule has 1 N–H and O–H groups in total. The molecule has 0 aliphatic heterocycles. The Balaban J connectivity index is 1.53. The first-order valence-electron chi connectivity index (χ1n) is 9.76. The van der Waals surface area contributed by atoms with E-state index in [4.69, 9.17) is 0 Å². The molecule has 0 unspecified atom stereocenters. The van der Waals surface area contributed by atoms with E-state index in [1.807, 2.05) is 24.3 Å². The quantitative estimate of drug-likeness (QED) is 0.301. The molecule has 0 bridgehead atoms. The van der Waals surface area contributed by atoms with E-state index in [1.165, 1.54) is 10.8 Å². The van der Waals surface area contributed by atoms with E-state index in [0.717, 1.165) is 32.7 Å². The van der Waals surface area contributed by atoms with Crippen LogP contribution in [0.3, 0.4) is 0 Å². The van der Waals surface area contributed by atoms with Crippen molar-refractivity contribution in [1.82, 2.24) is 9.99 Å². The molecule has 0 radical (unpaired) electrons. The highest BCUT2D eigenvalue weighted by Crippen LogP contribution is 2.26. The summed E-state index contributed by atoms with van der Waals surface area (Å²) in [6.07, 6.45) is 2.00. The number of nitrogens with zero attached hydrogens (tertiary/aromatic N) is 2. The number of hydrogen-bond acceptors (Lipinski definition) is 2. The number of amides is 1. The summed E-state index contributed by atoms with van der Waals surface area (Å²) in [4.78, 5) is 12.2. The van der Waals surface area contributed by atoms with E-state index in [2.05, 4.69) is 93.4 Å². The number of fused-ring (bicyclic) bond motifs is 1. The number of nitrogens with one attached hydrogen (secondary N) is 1. The molecule has 0 saturated carbocycles. The lowest BCUT2D eigenvalue weighted by Crippen LogP contribution is -2.19. The standard InChI is InChI=1S/C25H22BrN3O/c1-17-14-21(16-27-28-25(30)15-19-10-12-22(26)13-11-19)18(2)29(17)24-9-5-7-20-6-3-4-8-23(20)24/h3-14,16H,15H2,1-2H3,(H,28,30)/b27-16-. The summed E-state index contributed by atoms with van der Waals surface area (Å²) in [6.45, 7) is 4.15. The molecule has 5 heteroatoms. The van der Waals surface area contributed by atoms with Crippen LogP contribution in [0.2, 0.25) is 0 Å². The molecular weight excluding hydrogens is 438 g/mol. The van der Waals surface area contributed by atoms with Crippen LogP contribution in [-0.2, 0) is 11.2 Å². The number of carbonyl (C=O) groups is 1. The Morgan fingerprint density at radius 2 is 1.77 bits per heavy atom.